The maximum atomic E-state index is 12.5. The minimum absolute atomic E-state index is 0. The molecular formula is C10H13ClFN. The highest BCUT2D eigenvalue weighted by molar-refractivity contribution is 5.85. The molecule has 0 saturated heterocycles. The van der Waals surface area contributed by atoms with Crippen LogP contribution in [0.2, 0.25) is 0 Å². The van der Waals surface area contributed by atoms with Gasteiger partial charge >= 0.3 is 0 Å². The fraction of sp³-hybridized carbons (Fsp3) is 0.400. The predicted molar refractivity (Wildman–Crippen MR) is 54.9 cm³/mol. The molecule has 3 heteroatoms. The Hall–Kier alpha value is -0.760. The van der Waals surface area contributed by atoms with E-state index < -0.39 is 0 Å². The highest BCUT2D eigenvalue weighted by Gasteiger charge is 2.16. The molecule has 1 aromatic carbocycles. The van der Waals surface area contributed by atoms with Gasteiger partial charge in [0.1, 0.15) is 5.82 Å². The van der Waals surface area contributed by atoms with Crippen LogP contribution in [0.5, 0.6) is 0 Å². The van der Waals surface area contributed by atoms with E-state index in [0.29, 0.717) is 6.04 Å². The number of nitrogens with one attached hydrogen (secondary N) is 1. The zero-order valence-electron chi connectivity index (χ0n) is 7.29. The third-order valence-corrected chi connectivity index (χ3v) is 2.32. The second-order valence-corrected chi connectivity index (χ2v) is 3.28. The molecule has 0 atom stereocenters. The first-order chi connectivity index (χ1) is 5.84. The SMILES string of the molecule is Cl.Fc1ccc(NC2CCC2)cc1. The van der Waals surface area contributed by atoms with Crippen LogP contribution >= 0.6 is 12.4 Å². The average Bonchev–Trinajstić information content (AvgIpc) is 2.00. The molecule has 0 bridgehead atoms. The van der Waals surface area contributed by atoms with Gasteiger partial charge in [0.05, 0.1) is 0 Å². The largest absolute Gasteiger partial charge is 0.382 e. The van der Waals surface area contributed by atoms with Gasteiger partial charge in [-0.25, -0.2) is 4.39 Å². The molecule has 2 rings (SSSR count). The lowest BCUT2D eigenvalue weighted by Crippen LogP contribution is -2.26. The Balaban J connectivity index is 0.000000845. The maximum absolute atomic E-state index is 12.5. The van der Waals surface area contributed by atoms with Crippen molar-refractivity contribution in [2.24, 2.45) is 0 Å². The summed E-state index contributed by atoms with van der Waals surface area (Å²) in [5.41, 5.74) is 1.03. The summed E-state index contributed by atoms with van der Waals surface area (Å²) in [4.78, 5) is 0. The lowest BCUT2D eigenvalue weighted by Gasteiger charge is -2.27. The topological polar surface area (TPSA) is 12.0 Å². The number of benzene rings is 1. The van der Waals surface area contributed by atoms with E-state index in [9.17, 15) is 4.39 Å². The quantitative estimate of drug-likeness (QED) is 0.775. The van der Waals surface area contributed by atoms with E-state index in [2.05, 4.69) is 5.32 Å². The molecule has 1 nitrogen and oxygen atoms in total. The molecule has 1 fully saturated rings. The summed E-state index contributed by atoms with van der Waals surface area (Å²) in [5.74, 6) is -0.172. The van der Waals surface area contributed by atoms with E-state index in [4.69, 9.17) is 0 Å². The van der Waals surface area contributed by atoms with Crippen LogP contribution in [0, 0.1) is 5.82 Å². The Kier molecular flexibility index (Phi) is 3.55. The van der Waals surface area contributed by atoms with Crippen molar-refractivity contribution in [1.82, 2.24) is 0 Å². The number of halogens is 2. The summed E-state index contributed by atoms with van der Waals surface area (Å²) >= 11 is 0. The van der Waals surface area contributed by atoms with E-state index in [0.717, 1.165) is 5.69 Å². The summed E-state index contributed by atoms with van der Waals surface area (Å²) < 4.78 is 12.5. The van der Waals surface area contributed by atoms with Gasteiger partial charge in [-0.05, 0) is 43.5 Å². The van der Waals surface area contributed by atoms with Crippen molar-refractivity contribution >= 4 is 18.1 Å². The van der Waals surface area contributed by atoms with E-state index >= 15 is 0 Å². The van der Waals surface area contributed by atoms with Crippen LogP contribution in [0.25, 0.3) is 0 Å². The van der Waals surface area contributed by atoms with E-state index in [1.807, 2.05) is 0 Å². The first kappa shape index (κ1) is 10.3. The van der Waals surface area contributed by atoms with Gasteiger partial charge in [-0.2, -0.15) is 0 Å². The first-order valence-electron chi connectivity index (χ1n) is 4.37. The minimum Gasteiger partial charge on any atom is -0.382 e. The Morgan fingerprint density at radius 2 is 1.77 bits per heavy atom. The first-order valence-corrected chi connectivity index (χ1v) is 4.37. The fourth-order valence-electron chi connectivity index (χ4n) is 1.33. The lowest BCUT2D eigenvalue weighted by molar-refractivity contribution is 0.445. The third-order valence-electron chi connectivity index (χ3n) is 2.32. The van der Waals surface area contributed by atoms with Gasteiger partial charge < -0.3 is 5.32 Å². The summed E-state index contributed by atoms with van der Waals surface area (Å²) in [5, 5.41) is 3.34. The molecule has 13 heavy (non-hydrogen) atoms. The predicted octanol–water partition coefficient (Wildman–Crippen LogP) is 3.21. The van der Waals surface area contributed by atoms with E-state index in [1.54, 1.807) is 12.1 Å². The smallest absolute Gasteiger partial charge is 0.123 e. The molecule has 1 N–H and O–H groups in total. The van der Waals surface area contributed by atoms with Gasteiger partial charge in [0.15, 0.2) is 0 Å². The van der Waals surface area contributed by atoms with Crippen LogP contribution in [-0.2, 0) is 0 Å². The normalized spacial score (nSPS) is 15.8. The molecule has 1 saturated carbocycles. The number of hydrogen-bond donors (Lipinski definition) is 1. The number of anilines is 1. The molecule has 0 aliphatic heterocycles. The molecule has 0 heterocycles. The molecule has 0 spiro atoms. The highest BCUT2D eigenvalue weighted by atomic mass is 35.5. The molecule has 1 aliphatic rings. The fourth-order valence-corrected chi connectivity index (χ4v) is 1.33. The monoisotopic (exact) mass is 201 g/mol. The van der Waals surface area contributed by atoms with E-state index in [-0.39, 0.29) is 18.2 Å². The van der Waals surface area contributed by atoms with Crippen molar-refractivity contribution < 1.29 is 4.39 Å². The molecule has 72 valence electrons. The summed E-state index contributed by atoms with van der Waals surface area (Å²) in [6.45, 7) is 0. The van der Waals surface area contributed by atoms with Crippen molar-refractivity contribution in [2.75, 3.05) is 5.32 Å². The maximum Gasteiger partial charge on any atom is 0.123 e. The van der Waals surface area contributed by atoms with Crippen molar-refractivity contribution in [1.29, 1.82) is 0 Å². The molecule has 0 radical (unpaired) electrons. The number of hydrogen-bond acceptors (Lipinski definition) is 1. The van der Waals surface area contributed by atoms with Crippen LogP contribution in [-0.4, -0.2) is 6.04 Å². The number of rotatable bonds is 2. The zero-order valence-corrected chi connectivity index (χ0v) is 8.11. The van der Waals surface area contributed by atoms with Gasteiger partial charge in [0, 0.05) is 11.7 Å². The lowest BCUT2D eigenvalue weighted by atomic mass is 9.93. The molecule has 1 aliphatic carbocycles. The molecule has 0 aromatic heterocycles. The van der Waals surface area contributed by atoms with Crippen LogP contribution < -0.4 is 5.32 Å². The molecule has 0 unspecified atom stereocenters. The van der Waals surface area contributed by atoms with Crippen LogP contribution in [0.1, 0.15) is 19.3 Å². The van der Waals surface area contributed by atoms with Gasteiger partial charge in [0.25, 0.3) is 0 Å². The van der Waals surface area contributed by atoms with Crippen molar-refractivity contribution in [3.8, 4) is 0 Å². The summed E-state index contributed by atoms with van der Waals surface area (Å²) in [6.07, 6.45) is 3.81. The summed E-state index contributed by atoms with van der Waals surface area (Å²) in [6, 6.07) is 7.17. The van der Waals surface area contributed by atoms with Gasteiger partial charge in [-0.1, -0.05) is 0 Å². The van der Waals surface area contributed by atoms with Gasteiger partial charge in [-0.15, -0.1) is 12.4 Å². The second kappa shape index (κ2) is 4.47. The Morgan fingerprint density at radius 3 is 2.23 bits per heavy atom. The van der Waals surface area contributed by atoms with Gasteiger partial charge in [0.2, 0.25) is 0 Å². The second-order valence-electron chi connectivity index (χ2n) is 3.28. The van der Waals surface area contributed by atoms with Crippen molar-refractivity contribution in [3.63, 3.8) is 0 Å². The van der Waals surface area contributed by atoms with Crippen molar-refractivity contribution in [3.05, 3.63) is 30.1 Å². The Bertz CT molecular complexity index is 256. The third kappa shape index (κ3) is 2.59. The molecular weight excluding hydrogens is 189 g/mol. The average molecular weight is 202 g/mol. The minimum atomic E-state index is -0.172. The Labute approximate surface area is 83.8 Å². The standard InChI is InChI=1S/C10H12FN.ClH/c11-8-4-6-10(7-5-8)12-9-2-1-3-9;/h4-7,9,12H,1-3H2;1H. The van der Waals surface area contributed by atoms with Crippen LogP contribution in [0.4, 0.5) is 10.1 Å². The highest BCUT2D eigenvalue weighted by Crippen LogP contribution is 2.22. The molecule has 1 aromatic rings. The van der Waals surface area contributed by atoms with Crippen molar-refractivity contribution in [2.45, 2.75) is 25.3 Å². The van der Waals surface area contributed by atoms with Gasteiger partial charge in [-0.3, -0.25) is 0 Å². The molecule has 0 amide bonds. The zero-order chi connectivity index (χ0) is 8.39. The van der Waals surface area contributed by atoms with Crippen LogP contribution in [0.15, 0.2) is 24.3 Å². The van der Waals surface area contributed by atoms with Crippen LogP contribution in [0.3, 0.4) is 0 Å². The van der Waals surface area contributed by atoms with E-state index in [1.165, 1.54) is 31.4 Å². The Morgan fingerprint density at radius 1 is 1.15 bits per heavy atom. The summed E-state index contributed by atoms with van der Waals surface area (Å²) in [7, 11) is 0.